The first-order valence-corrected chi connectivity index (χ1v) is 5.90. The molecule has 2 aromatic rings. The third-order valence-electron chi connectivity index (χ3n) is 3.06. The molecule has 0 fully saturated rings. The van der Waals surface area contributed by atoms with E-state index in [0.29, 0.717) is 16.7 Å². The van der Waals surface area contributed by atoms with Gasteiger partial charge in [0, 0.05) is 5.56 Å². The fourth-order valence-corrected chi connectivity index (χ4v) is 2.03. The number of hydrogen-bond acceptors (Lipinski definition) is 1. The zero-order chi connectivity index (χ0) is 14.9. The van der Waals surface area contributed by atoms with Gasteiger partial charge < -0.3 is 5.11 Å². The van der Waals surface area contributed by atoms with Gasteiger partial charge in [-0.15, -0.1) is 0 Å². The normalized spacial score (nSPS) is 11.7. The van der Waals surface area contributed by atoms with Crippen molar-refractivity contribution in [3.05, 3.63) is 58.9 Å². The molecule has 0 radical (unpaired) electrons. The van der Waals surface area contributed by atoms with Gasteiger partial charge in [0.05, 0.1) is 12.2 Å². The molecule has 106 valence electrons. The molecule has 0 amide bonds. The Morgan fingerprint density at radius 2 is 1.70 bits per heavy atom. The van der Waals surface area contributed by atoms with E-state index < -0.39 is 17.6 Å². The fourth-order valence-electron chi connectivity index (χ4n) is 2.03. The molecule has 0 atom stereocenters. The van der Waals surface area contributed by atoms with Gasteiger partial charge in [0.1, 0.15) is 5.82 Å². The Morgan fingerprint density at radius 3 is 2.25 bits per heavy atom. The standard InChI is InChI=1S/C15H12F4O/c1-9-6-10(8-20)2-4-12(9)13-7-11(15(17,18)19)3-5-14(13)16/h2-7,20H,8H2,1H3. The molecule has 0 unspecified atom stereocenters. The smallest absolute Gasteiger partial charge is 0.392 e. The molecule has 0 aliphatic carbocycles. The van der Waals surface area contributed by atoms with Crippen LogP contribution < -0.4 is 0 Å². The maximum atomic E-state index is 13.8. The zero-order valence-corrected chi connectivity index (χ0v) is 10.6. The lowest BCUT2D eigenvalue weighted by atomic mass is 9.96. The Kier molecular flexibility index (Phi) is 3.81. The summed E-state index contributed by atoms with van der Waals surface area (Å²) in [4.78, 5) is 0. The predicted molar refractivity (Wildman–Crippen MR) is 67.5 cm³/mol. The van der Waals surface area contributed by atoms with Crippen molar-refractivity contribution in [3.63, 3.8) is 0 Å². The lowest BCUT2D eigenvalue weighted by Crippen LogP contribution is -2.05. The Bertz CT molecular complexity index is 632. The van der Waals surface area contributed by atoms with Crippen LogP contribution in [-0.4, -0.2) is 5.11 Å². The third-order valence-corrected chi connectivity index (χ3v) is 3.06. The van der Waals surface area contributed by atoms with Crippen molar-refractivity contribution in [1.82, 2.24) is 0 Å². The largest absolute Gasteiger partial charge is 0.416 e. The Balaban J connectivity index is 2.57. The first kappa shape index (κ1) is 14.5. The lowest BCUT2D eigenvalue weighted by Gasteiger charge is -2.12. The Hall–Kier alpha value is -1.88. The van der Waals surface area contributed by atoms with Gasteiger partial charge in [0.25, 0.3) is 0 Å². The van der Waals surface area contributed by atoms with Crippen LogP contribution in [0.1, 0.15) is 16.7 Å². The molecule has 5 heteroatoms. The molecule has 0 aliphatic rings. The summed E-state index contributed by atoms with van der Waals surface area (Å²) in [6.45, 7) is 1.49. The first-order valence-electron chi connectivity index (χ1n) is 5.90. The van der Waals surface area contributed by atoms with Gasteiger partial charge in [-0.25, -0.2) is 4.39 Å². The van der Waals surface area contributed by atoms with Crippen LogP contribution in [0.5, 0.6) is 0 Å². The summed E-state index contributed by atoms with van der Waals surface area (Å²) in [6, 6.07) is 7.03. The van der Waals surface area contributed by atoms with Gasteiger partial charge in [0.15, 0.2) is 0 Å². The molecule has 2 rings (SSSR count). The maximum absolute atomic E-state index is 13.8. The van der Waals surface area contributed by atoms with E-state index in [2.05, 4.69) is 0 Å². The number of aryl methyl sites for hydroxylation is 1. The summed E-state index contributed by atoms with van der Waals surface area (Å²) in [5, 5.41) is 9.01. The van der Waals surface area contributed by atoms with Gasteiger partial charge in [-0.2, -0.15) is 13.2 Å². The van der Waals surface area contributed by atoms with Gasteiger partial charge in [-0.1, -0.05) is 18.2 Å². The van der Waals surface area contributed by atoms with Crippen molar-refractivity contribution in [3.8, 4) is 11.1 Å². The van der Waals surface area contributed by atoms with Crippen LogP contribution in [0.3, 0.4) is 0 Å². The SMILES string of the molecule is Cc1cc(CO)ccc1-c1cc(C(F)(F)F)ccc1F. The summed E-state index contributed by atoms with van der Waals surface area (Å²) in [5.74, 6) is -0.710. The number of aliphatic hydroxyl groups is 1. The highest BCUT2D eigenvalue weighted by molar-refractivity contribution is 5.69. The van der Waals surface area contributed by atoms with Gasteiger partial charge >= 0.3 is 6.18 Å². The molecule has 2 aromatic carbocycles. The number of rotatable bonds is 2. The van der Waals surface area contributed by atoms with Crippen LogP contribution in [0.15, 0.2) is 36.4 Å². The minimum absolute atomic E-state index is 0.0955. The van der Waals surface area contributed by atoms with E-state index in [-0.39, 0.29) is 12.2 Å². The van der Waals surface area contributed by atoms with Gasteiger partial charge in [-0.05, 0) is 41.8 Å². The van der Waals surface area contributed by atoms with Crippen molar-refractivity contribution in [2.24, 2.45) is 0 Å². The second-order valence-electron chi connectivity index (χ2n) is 4.50. The topological polar surface area (TPSA) is 20.2 Å². The lowest BCUT2D eigenvalue weighted by molar-refractivity contribution is -0.137. The Labute approximate surface area is 113 Å². The van der Waals surface area contributed by atoms with E-state index in [1.165, 1.54) is 6.07 Å². The molecule has 0 aromatic heterocycles. The second kappa shape index (κ2) is 5.25. The molecule has 0 spiro atoms. The van der Waals surface area contributed by atoms with Crippen molar-refractivity contribution in [1.29, 1.82) is 0 Å². The van der Waals surface area contributed by atoms with Crippen LogP contribution in [0, 0.1) is 12.7 Å². The van der Waals surface area contributed by atoms with Crippen molar-refractivity contribution in [2.45, 2.75) is 19.7 Å². The highest BCUT2D eigenvalue weighted by Gasteiger charge is 2.31. The van der Waals surface area contributed by atoms with Gasteiger partial charge in [-0.3, -0.25) is 0 Å². The molecule has 0 saturated carbocycles. The number of aliphatic hydroxyl groups excluding tert-OH is 1. The monoisotopic (exact) mass is 284 g/mol. The highest BCUT2D eigenvalue weighted by Crippen LogP contribution is 2.34. The molecule has 1 N–H and O–H groups in total. The number of hydrogen-bond donors (Lipinski definition) is 1. The van der Waals surface area contributed by atoms with Crippen LogP contribution in [0.2, 0.25) is 0 Å². The molecule has 0 bridgehead atoms. The number of halogens is 4. The summed E-state index contributed by atoms with van der Waals surface area (Å²) in [6.07, 6.45) is -4.51. The zero-order valence-electron chi connectivity index (χ0n) is 10.6. The summed E-state index contributed by atoms with van der Waals surface area (Å²) < 4.78 is 51.8. The average molecular weight is 284 g/mol. The number of alkyl halides is 3. The molecule has 0 aliphatic heterocycles. The minimum Gasteiger partial charge on any atom is -0.392 e. The van der Waals surface area contributed by atoms with Crippen molar-refractivity contribution >= 4 is 0 Å². The maximum Gasteiger partial charge on any atom is 0.416 e. The van der Waals surface area contributed by atoms with Crippen LogP contribution >= 0.6 is 0 Å². The van der Waals surface area contributed by atoms with E-state index in [4.69, 9.17) is 5.11 Å². The summed E-state index contributed by atoms with van der Waals surface area (Å²) in [5.41, 5.74) is 0.626. The minimum atomic E-state index is -4.51. The molecule has 20 heavy (non-hydrogen) atoms. The molecule has 0 heterocycles. The molecule has 1 nitrogen and oxygen atoms in total. The van der Waals surface area contributed by atoms with E-state index in [9.17, 15) is 17.6 Å². The molecular formula is C15H12F4O. The van der Waals surface area contributed by atoms with Crippen molar-refractivity contribution in [2.75, 3.05) is 0 Å². The molecule has 0 saturated heterocycles. The predicted octanol–water partition coefficient (Wildman–Crippen LogP) is 4.31. The van der Waals surface area contributed by atoms with Crippen LogP contribution in [-0.2, 0) is 12.8 Å². The summed E-state index contributed by atoms with van der Waals surface area (Å²) >= 11 is 0. The van der Waals surface area contributed by atoms with Crippen LogP contribution in [0.4, 0.5) is 17.6 Å². The van der Waals surface area contributed by atoms with Crippen molar-refractivity contribution < 1.29 is 22.7 Å². The first-order chi connectivity index (χ1) is 9.32. The van der Waals surface area contributed by atoms with E-state index in [1.54, 1.807) is 19.1 Å². The molecular weight excluding hydrogens is 272 g/mol. The third kappa shape index (κ3) is 2.82. The second-order valence-corrected chi connectivity index (χ2v) is 4.50. The van der Waals surface area contributed by atoms with E-state index >= 15 is 0 Å². The van der Waals surface area contributed by atoms with E-state index in [1.807, 2.05) is 0 Å². The fraction of sp³-hybridized carbons (Fsp3) is 0.200. The quantitative estimate of drug-likeness (QED) is 0.815. The highest BCUT2D eigenvalue weighted by atomic mass is 19.4. The number of benzene rings is 2. The average Bonchev–Trinajstić information content (AvgIpc) is 2.38. The summed E-state index contributed by atoms with van der Waals surface area (Å²) in [7, 11) is 0. The van der Waals surface area contributed by atoms with Gasteiger partial charge in [0.2, 0.25) is 0 Å². The van der Waals surface area contributed by atoms with E-state index in [0.717, 1.165) is 18.2 Å². The Morgan fingerprint density at radius 1 is 1.00 bits per heavy atom. The van der Waals surface area contributed by atoms with Crippen LogP contribution in [0.25, 0.3) is 11.1 Å².